The summed E-state index contributed by atoms with van der Waals surface area (Å²) in [6.45, 7) is 1.42. The van der Waals surface area contributed by atoms with Crippen LogP contribution >= 0.6 is 23.4 Å². The molecular formula is C14H19ClN2OS. The zero-order chi connectivity index (χ0) is 13.7. The quantitative estimate of drug-likeness (QED) is 0.870. The van der Waals surface area contributed by atoms with Crippen molar-refractivity contribution in [3.05, 3.63) is 29.3 Å². The molecular weight excluding hydrogens is 280 g/mol. The molecule has 1 aromatic carbocycles. The second kappa shape index (κ2) is 7.17. The number of rotatable bonds is 4. The molecule has 19 heavy (non-hydrogen) atoms. The van der Waals surface area contributed by atoms with Crippen LogP contribution in [0.4, 0.5) is 0 Å². The molecule has 2 N–H and O–H groups in total. The smallest absolute Gasteiger partial charge is 0.233 e. The van der Waals surface area contributed by atoms with Crippen molar-refractivity contribution in [3.63, 3.8) is 0 Å². The molecule has 1 fully saturated rings. The highest BCUT2D eigenvalue weighted by atomic mass is 35.5. The first kappa shape index (κ1) is 14.7. The van der Waals surface area contributed by atoms with Gasteiger partial charge in [-0.25, -0.2) is 0 Å². The number of thioether (sulfide) groups is 1. The standard InChI is InChI=1S/C14H19ClN2OS/c15-11-4-6-13(7-5-11)19-10-14(18)17-8-2-1-3-12(17)9-16/h4-7,12H,1-3,8-10,16H2. The molecule has 104 valence electrons. The summed E-state index contributed by atoms with van der Waals surface area (Å²) >= 11 is 7.39. The summed E-state index contributed by atoms with van der Waals surface area (Å²) in [5.41, 5.74) is 5.74. The summed E-state index contributed by atoms with van der Waals surface area (Å²) in [5, 5.41) is 0.718. The maximum absolute atomic E-state index is 12.2. The van der Waals surface area contributed by atoms with Crippen LogP contribution in [0.3, 0.4) is 0 Å². The van der Waals surface area contributed by atoms with Crippen molar-refractivity contribution in [2.45, 2.75) is 30.2 Å². The zero-order valence-electron chi connectivity index (χ0n) is 10.8. The number of carbonyl (C=O) groups excluding carboxylic acids is 1. The van der Waals surface area contributed by atoms with Crippen LogP contribution in [0, 0.1) is 0 Å². The summed E-state index contributed by atoms with van der Waals surface area (Å²) in [6, 6.07) is 7.80. The Balaban J connectivity index is 1.87. The molecule has 0 bridgehead atoms. The van der Waals surface area contributed by atoms with E-state index in [4.69, 9.17) is 17.3 Å². The van der Waals surface area contributed by atoms with Crippen LogP contribution in [0.5, 0.6) is 0 Å². The maximum Gasteiger partial charge on any atom is 0.233 e. The van der Waals surface area contributed by atoms with Crippen molar-refractivity contribution in [2.75, 3.05) is 18.8 Å². The number of hydrogen-bond donors (Lipinski definition) is 1. The minimum atomic E-state index is 0.190. The Morgan fingerprint density at radius 1 is 1.37 bits per heavy atom. The van der Waals surface area contributed by atoms with E-state index in [0.29, 0.717) is 12.3 Å². The first-order valence-corrected chi connectivity index (χ1v) is 7.95. The van der Waals surface area contributed by atoms with Gasteiger partial charge < -0.3 is 10.6 Å². The lowest BCUT2D eigenvalue weighted by Gasteiger charge is -2.35. The first-order valence-electron chi connectivity index (χ1n) is 6.58. The monoisotopic (exact) mass is 298 g/mol. The molecule has 3 nitrogen and oxygen atoms in total. The minimum absolute atomic E-state index is 0.190. The number of halogens is 1. The molecule has 0 aliphatic carbocycles. The third-order valence-corrected chi connectivity index (χ3v) is 4.64. The molecule has 5 heteroatoms. The first-order chi connectivity index (χ1) is 9.20. The van der Waals surface area contributed by atoms with E-state index in [1.54, 1.807) is 11.8 Å². The molecule has 2 rings (SSSR count). The number of likely N-dealkylation sites (tertiary alicyclic amines) is 1. The molecule has 0 radical (unpaired) electrons. The summed E-state index contributed by atoms with van der Waals surface area (Å²) in [7, 11) is 0. The molecule has 0 spiro atoms. The lowest BCUT2D eigenvalue weighted by Crippen LogP contribution is -2.48. The van der Waals surface area contributed by atoms with E-state index in [2.05, 4.69) is 0 Å². The molecule has 0 aromatic heterocycles. The van der Waals surface area contributed by atoms with E-state index >= 15 is 0 Å². The van der Waals surface area contributed by atoms with Gasteiger partial charge in [0.15, 0.2) is 0 Å². The van der Waals surface area contributed by atoms with Gasteiger partial charge in [0, 0.05) is 29.0 Å². The van der Waals surface area contributed by atoms with E-state index < -0.39 is 0 Å². The molecule has 1 unspecified atom stereocenters. The van der Waals surface area contributed by atoms with Gasteiger partial charge >= 0.3 is 0 Å². The van der Waals surface area contributed by atoms with Crippen molar-refractivity contribution in [1.82, 2.24) is 4.90 Å². The van der Waals surface area contributed by atoms with Gasteiger partial charge in [0.25, 0.3) is 0 Å². The molecule has 1 aromatic rings. The molecule has 1 amide bonds. The van der Waals surface area contributed by atoms with Crippen LogP contribution in [0.2, 0.25) is 5.02 Å². The van der Waals surface area contributed by atoms with Gasteiger partial charge in [0.2, 0.25) is 5.91 Å². The van der Waals surface area contributed by atoms with Crippen molar-refractivity contribution in [1.29, 1.82) is 0 Å². The average molecular weight is 299 g/mol. The van der Waals surface area contributed by atoms with Crippen molar-refractivity contribution >= 4 is 29.3 Å². The third-order valence-electron chi connectivity index (χ3n) is 3.40. The van der Waals surface area contributed by atoms with E-state index in [1.165, 1.54) is 6.42 Å². The van der Waals surface area contributed by atoms with Crippen LogP contribution in [0.1, 0.15) is 19.3 Å². The highest BCUT2D eigenvalue weighted by Gasteiger charge is 2.25. The van der Waals surface area contributed by atoms with Crippen molar-refractivity contribution in [3.8, 4) is 0 Å². The second-order valence-electron chi connectivity index (χ2n) is 4.72. The molecule has 1 aliphatic rings. The van der Waals surface area contributed by atoms with Crippen LogP contribution in [0.15, 0.2) is 29.2 Å². The highest BCUT2D eigenvalue weighted by molar-refractivity contribution is 8.00. The molecule has 1 saturated heterocycles. The number of benzene rings is 1. The SMILES string of the molecule is NCC1CCCCN1C(=O)CSc1ccc(Cl)cc1. The fourth-order valence-electron chi connectivity index (χ4n) is 2.33. The van der Waals surface area contributed by atoms with E-state index in [0.717, 1.165) is 29.3 Å². The van der Waals surface area contributed by atoms with Crippen LogP contribution in [0.25, 0.3) is 0 Å². The number of nitrogens with two attached hydrogens (primary N) is 1. The van der Waals surface area contributed by atoms with E-state index in [1.807, 2.05) is 29.2 Å². The third kappa shape index (κ3) is 4.13. The van der Waals surface area contributed by atoms with Crippen molar-refractivity contribution in [2.24, 2.45) is 5.73 Å². The van der Waals surface area contributed by atoms with Gasteiger partial charge in [0.05, 0.1) is 5.75 Å². The van der Waals surface area contributed by atoms with E-state index in [9.17, 15) is 4.79 Å². The minimum Gasteiger partial charge on any atom is -0.338 e. The Morgan fingerprint density at radius 2 is 2.11 bits per heavy atom. The fraction of sp³-hybridized carbons (Fsp3) is 0.500. The number of hydrogen-bond acceptors (Lipinski definition) is 3. The molecule has 1 heterocycles. The van der Waals surface area contributed by atoms with Gasteiger partial charge in [-0.2, -0.15) is 0 Å². The Hall–Kier alpha value is -0.710. The Labute approximate surface area is 123 Å². The number of piperidine rings is 1. The van der Waals surface area contributed by atoms with Gasteiger partial charge in [-0.05, 0) is 43.5 Å². The summed E-state index contributed by atoms with van der Waals surface area (Å²) < 4.78 is 0. The average Bonchev–Trinajstić information content (AvgIpc) is 2.46. The highest BCUT2D eigenvalue weighted by Crippen LogP contribution is 2.22. The van der Waals surface area contributed by atoms with Gasteiger partial charge in [-0.15, -0.1) is 11.8 Å². The Morgan fingerprint density at radius 3 is 2.79 bits per heavy atom. The summed E-state index contributed by atoms with van der Waals surface area (Å²) in [6.07, 6.45) is 3.30. The Bertz CT molecular complexity index is 424. The molecule has 1 atom stereocenters. The topological polar surface area (TPSA) is 46.3 Å². The van der Waals surface area contributed by atoms with Crippen LogP contribution in [-0.2, 0) is 4.79 Å². The van der Waals surface area contributed by atoms with Gasteiger partial charge in [-0.1, -0.05) is 11.6 Å². The van der Waals surface area contributed by atoms with E-state index in [-0.39, 0.29) is 11.9 Å². The van der Waals surface area contributed by atoms with Crippen molar-refractivity contribution < 1.29 is 4.79 Å². The zero-order valence-corrected chi connectivity index (χ0v) is 12.4. The Kier molecular flexibility index (Phi) is 5.55. The van der Waals surface area contributed by atoms with Gasteiger partial charge in [-0.3, -0.25) is 4.79 Å². The predicted octanol–water partition coefficient (Wildman–Crippen LogP) is 2.77. The lowest BCUT2D eigenvalue weighted by molar-refractivity contribution is -0.131. The van der Waals surface area contributed by atoms with Gasteiger partial charge in [0.1, 0.15) is 0 Å². The van der Waals surface area contributed by atoms with Crippen LogP contribution < -0.4 is 5.73 Å². The fourth-order valence-corrected chi connectivity index (χ4v) is 3.24. The lowest BCUT2D eigenvalue weighted by atomic mass is 10.0. The second-order valence-corrected chi connectivity index (χ2v) is 6.20. The maximum atomic E-state index is 12.2. The van der Waals surface area contributed by atoms with Crippen LogP contribution in [-0.4, -0.2) is 35.7 Å². The summed E-state index contributed by atoms with van der Waals surface area (Å²) in [5.74, 6) is 0.660. The summed E-state index contributed by atoms with van der Waals surface area (Å²) in [4.78, 5) is 15.3. The molecule has 0 saturated carbocycles. The largest absolute Gasteiger partial charge is 0.338 e. The predicted molar refractivity (Wildman–Crippen MR) is 80.6 cm³/mol. The number of amides is 1. The number of carbonyl (C=O) groups is 1. The number of nitrogens with zero attached hydrogens (tertiary/aromatic N) is 1. The normalized spacial score (nSPS) is 19.5. The molecule has 1 aliphatic heterocycles.